The van der Waals surface area contributed by atoms with Crippen molar-refractivity contribution in [1.29, 1.82) is 5.26 Å². The molecule has 0 heterocycles. The van der Waals surface area contributed by atoms with E-state index in [-0.39, 0.29) is 5.04 Å². The van der Waals surface area contributed by atoms with Crippen LogP contribution in [0.4, 0.5) is 0 Å². The molecule has 2 nitrogen and oxygen atoms in total. The van der Waals surface area contributed by atoms with Crippen LogP contribution < -0.4 is 0 Å². The number of nitrogens with zero attached hydrogens (tertiary/aromatic N) is 1. The van der Waals surface area contributed by atoms with Crippen LogP contribution in [0, 0.1) is 34.5 Å². The Labute approximate surface area is 145 Å². The summed E-state index contributed by atoms with van der Waals surface area (Å²) < 4.78 is 6.88. The quantitative estimate of drug-likeness (QED) is 0.578. The SMILES string of the molecule is C[C@H](CC#N)C1CC[C@H]2[C@@H](O[Si](C)(C)C(C)(C)C)CCC[C@]12C. The lowest BCUT2D eigenvalue weighted by Crippen LogP contribution is -2.50. The van der Waals surface area contributed by atoms with E-state index in [2.05, 4.69) is 53.8 Å². The van der Waals surface area contributed by atoms with Crippen molar-refractivity contribution in [3.8, 4) is 6.07 Å². The van der Waals surface area contributed by atoms with E-state index < -0.39 is 8.32 Å². The Morgan fingerprint density at radius 2 is 1.91 bits per heavy atom. The van der Waals surface area contributed by atoms with E-state index in [4.69, 9.17) is 9.69 Å². The fourth-order valence-electron chi connectivity index (χ4n) is 5.08. The topological polar surface area (TPSA) is 33.0 Å². The van der Waals surface area contributed by atoms with E-state index in [9.17, 15) is 0 Å². The third-order valence-electron chi connectivity index (χ3n) is 7.49. The molecule has 132 valence electrons. The van der Waals surface area contributed by atoms with Crippen LogP contribution in [0.1, 0.15) is 73.1 Å². The minimum atomic E-state index is -1.70. The first-order valence-corrected chi connectivity index (χ1v) is 12.5. The average Bonchev–Trinajstić information content (AvgIpc) is 2.75. The van der Waals surface area contributed by atoms with Crippen LogP contribution in [0.3, 0.4) is 0 Å². The molecule has 0 N–H and O–H groups in total. The van der Waals surface area contributed by atoms with Gasteiger partial charge >= 0.3 is 0 Å². The van der Waals surface area contributed by atoms with Crippen molar-refractivity contribution in [2.24, 2.45) is 23.2 Å². The maximum Gasteiger partial charge on any atom is 0.192 e. The van der Waals surface area contributed by atoms with Crippen molar-refractivity contribution in [3.63, 3.8) is 0 Å². The molecule has 0 aromatic heterocycles. The summed E-state index contributed by atoms with van der Waals surface area (Å²) in [5.41, 5.74) is 0.390. The molecule has 0 spiro atoms. The smallest absolute Gasteiger partial charge is 0.192 e. The zero-order valence-electron chi connectivity index (χ0n) is 16.4. The zero-order valence-corrected chi connectivity index (χ0v) is 17.4. The highest BCUT2D eigenvalue weighted by Gasteiger charge is 2.54. The van der Waals surface area contributed by atoms with Crippen LogP contribution in [0.2, 0.25) is 18.1 Å². The molecule has 0 saturated heterocycles. The molecule has 2 aliphatic rings. The van der Waals surface area contributed by atoms with Gasteiger partial charge in [0.2, 0.25) is 0 Å². The Hall–Kier alpha value is -0.333. The molecule has 0 aromatic rings. The first kappa shape index (κ1) is 19.0. The van der Waals surface area contributed by atoms with Crippen molar-refractivity contribution in [1.82, 2.24) is 0 Å². The summed E-state index contributed by atoms with van der Waals surface area (Å²) >= 11 is 0. The van der Waals surface area contributed by atoms with E-state index in [0.29, 0.717) is 35.7 Å². The lowest BCUT2D eigenvalue weighted by molar-refractivity contribution is -0.0198. The van der Waals surface area contributed by atoms with E-state index >= 15 is 0 Å². The number of hydrogen-bond donors (Lipinski definition) is 0. The van der Waals surface area contributed by atoms with Gasteiger partial charge in [-0.05, 0) is 67.0 Å². The van der Waals surface area contributed by atoms with Crippen molar-refractivity contribution in [2.75, 3.05) is 0 Å². The van der Waals surface area contributed by atoms with Crippen LogP contribution in [0.25, 0.3) is 0 Å². The van der Waals surface area contributed by atoms with Crippen molar-refractivity contribution >= 4 is 8.32 Å². The van der Waals surface area contributed by atoms with Gasteiger partial charge in [-0.25, -0.2) is 0 Å². The van der Waals surface area contributed by atoms with Crippen LogP contribution in [0.15, 0.2) is 0 Å². The third kappa shape index (κ3) is 3.54. The molecule has 2 saturated carbocycles. The van der Waals surface area contributed by atoms with Crippen LogP contribution in [-0.2, 0) is 4.43 Å². The molecule has 5 atom stereocenters. The molecule has 0 radical (unpaired) electrons. The summed E-state index contributed by atoms with van der Waals surface area (Å²) in [6.45, 7) is 16.6. The standard InChI is InChI=1S/C20H37NOSi/c1-15(12-14-21)16-10-11-17-18(9-8-13-20(16,17)5)22-23(6,7)19(2,3)4/h15-18H,8-13H2,1-7H3/t15-,16?,17+,18+,20-/m1/s1. The van der Waals surface area contributed by atoms with E-state index in [0.717, 1.165) is 0 Å². The van der Waals surface area contributed by atoms with Gasteiger partial charge in [-0.2, -0.15) is 5.26 Å². The van der Waals surface area contributed by atoms with Crippen LogP contribution in [0.5, 0.6) is 0 Å². The number of fused-ring (bicyclic) bond motifs is 1. The zero-order chi connectivity index (χ0) is 17.5. The highest BCUT2D eigenvalue weighted by molar-refractivity contribution is 6.74. The van der Waals surface area contributed by atoms with Gasteiger partial charge in [0.1, 0.15) is 0 Å². The molecular formula is C20H37NOSi. The Bertz CT molecular complexity index is 461. The first-order valence-electron chi connectivity index (χ1n) is 9.57. The third-order valence-corrected chi connectivity index (χ3v) is 12.0. The van der Waals surface area contributed by atoms with Gasteiger partial charge < -0.3 is 4.43 Å². The summed E-state index contributed by atoms with van der Waals surface area (Å²) in [5, 5.41) is 9.39. The predicted molar refractivity (Wildman–Crippen MR) is 99.6 cm³/mol. The predicted octanol–water partition coefficient (Wildman–Crippen LogP) is 6.14. The summed E-state index contributed by atoms with van der Waals surface area (Å²) in [4.78, 5) is 0. The Balaban J connectivity index is 2.17. The maximum absolute atomic E-state index is 9.10. The molecule has 0 aromatic carbocycles. The molecule has 0 aliphatic heterocycles. The van der Waals surface area contributed by atoms with Gasteiger partial charge in [0, 0.05) is 12.5 Å². The Morgan fingerprint density at radius 1 is 1.26 bits per heavy atom. The van der Waals surface area contributed by atoms with Crippen molar-refractivity contribution in [3.05, 3.63) is 0 Å². The summed E-state index contributed by atoms with van der Waals surface area (Å²) in [6, 6.07) is 2.40. The van der Waals surface area contributed by atoms with Gasteiger partial charge in [0.05, 0.1) is 6.07 Å². The monoisotopic (exact) mass is 335 g/mol. The lowest BCUT2D eigenvalue weighted by atomic mass is 9.61. The van der Waals surface area contributed by atoms with E-state index in [1.54, 1.807) is 0 Å². The Morgan fingerprint density at radius 3 is 2.48 bits per heavy atom. The fraction of sp³-hybridized carbons (Fsp3) is 0.950. The second-order valence-electron chi connectivity index (χ2n) is 9.94. The normalized spacial score (nSPS) is 36.3. The first-order chi connectivity index (χ1) is 10.5. The number of rotatable bonds is 4. The highest BCUT2D eigenvalue weighted by Crippen LogP contribution is 2.59. The molecule has 3 heteroatoms. The molecule has 0 bridgehead atoms. The Kier molecular flexibility index (Phi) is 5.39. The van der Waals surface area contributed by atoms with Gasteiger partial charge in [0.25, 0.3) is 0 Å². The average molecular weight is 336 g/mol. The second-order valence-corrected chi connectivity index (χ2v) is 14.7. The molecule has 1 unspecified atom stereocenters. The molecular weight excluding hydrogens is 298 g/mol. The van der Waals surface area contributed by atoms with Crippen LogP contribution >= 0.6 is 0 Å². The maximum atomic E-state index is 9.10. The summed E-state index contributed by atoms with van der Waals surface area (Å²) in [6.07, 6.45) is 7.62. The van der Waals surface area contributed by atoms with Gasteiger partial charge in [-0.15, -0.1) is 0 Å². The molecule has 2 rings (SSSR count). The molecule has 23 heavy (non-hydrogen) atoms. The number of nitriles is 1. The minimum absolute atomic E-state index is 0.285. The van der Waals surface area contributed by atoms with E-state index in [1.807, 2.05) is 0 Å². The number of hydrogen-bond acceptors (Lipinski definition) is 2. The molecule has 2 aliphatic carbocycles. The van der Waals surface area contributed by atoms with Crippen molar-refractivity contribution < 1.29 is 4.43 Å². The van der Waals surface area contributed by atoms with Crippen molar-refractivity contribution in [2.45, 2.75) is 97.4 Å². The minimum Gasteiger partial charge on any atom is -0.414 e. The van der Waals surface area contributed by atoms with Gasteiger partial charge in [0.15, 0.2) is 8.32 Å². The largest absolute Gasteiger partial charge is 0.414 e. The summed E-state index contributed by atoms with van der Waals surface area (Å²) in [7, 11) is -1.70. The molecule has 2 fully saturated rings. The van der Waals surface area contributed by atoms with Gasteiger partial charge in [-0.3, -0.25) is 0 Å². The lowest BCUT2D eigenvalue weighted by Gasteiger charge is -2.49. The summed E-state index contributed by atoms with van der Waals surface area (Å²) in [5.74, 6) is 1.94. The van der Waals surface area contributed by atoms with Crippen LogP contribution in [-0.4, -0.2) is 14.4 Å². The van der Waals surface area contributed by atoms with Gasteiger partial charge in [-0.1, -0.05) is 41.0 Å². The second kappa shape index (κ2) is 6.52. The van der Waals surface area contributed by atoms with E-state index in [1.165, 1.54) is 32.1 Å². The highest BCUT2D eigenvalue weighted by atomic mass is 28.4. The molecule has 0 amide bonds. The fourth-order valence-corrected chi connectivity index (χ4v) is 6.47.